The predicted molar refractivity (Wildman–Crippen MR) is 100 cm³/mol. The van der Waals surface area contributed by atoms with Gasteiger partial charge in [0.15, 0.2) is 0 Å². The minimum Gasteiger partial charge on any atom is -0.392 e. The van der Waals surface area contributed by atoms with Gasteiger partial charge in [0.2, 0.25) is 0 Å². The van der Waals surface area contributed by atoms with Crippen LogP contribution in [0.1, 0.15) is 26.3 Å². The van der Waals surface area contributed by atoms with Crippen molar-refractivity contribution in [3.63, 3.8) is 0 Å². The lowest BCUT2D eigenvalue weighted by molar-refractivity contribution is 0.114. The van der Waals surface area contributed by atoms with Gasteiger partial charge in [-0.3, -0.25) is 9.80 Å². The van der Waals surface area contributed by atoms with Gasteiger partial charge in [-0.05, 0) is 26.0 Å². The molecule has 0 saturated heterocycles. The molecule has 0 bridgehead atoms. The van der Waals surface area contributed by atoms with Crippen LogP contribution in [-0.4, -0.2) is 78.0 Å². The van der Waals surface area contributed by atoms with E-state index in [2.05, 4.69) is 46.3 Å². The molecule has 0 aromatic heterocycles. The monoisotopic (exact) mass is 337 g/mol. The molecule has 1 aromatic rings. The van der Waals surface area contributed by atoms with Crippen molar-refractivity contribution in [2.75, 3.05) is 45.8 Å². The highest BCUT2D eigenvalue weighted by atomic mass is 16.3. The Labute approximate surface area is 147 Å². The van der Waals surface area contributed by atoms with Gasteiger partial charge in [0, 0.05) is 45.8 Å². The fourth-order valence-electron chi connectivity index (χ4n) is 2.69. The Morgan fingerprint density at radius 1 is 0.958 bits per heavy atom. The van der Waals surface area contributed by atoms with E-state index >= 15 is 0 Å². The van der Waals surface area contributed by atoms with Crippen molar-refractivity contribution < 1.29 is 10.2 Å². The number of nitrogens with zero attached hydrogens (tertiary/aromatic N) is 2. The van der Waals surface area contributed by atoms with Gasteiger partial charge in [0.05, 0.1) is 12.2 Å². The fourth-order valence-corrected chi connectivity index (χ4v) is 2.69. The third-order valence-corrected chi connectivity index (χ3v) is 4.00. The lowest BCUT2D eigenvalue weighted by atomic mass is 10.2. The summed E-state index contributed by atoms with van der Waals surface area (Å²) in [6, 6.07) is 10.5. The van der Waals surface area contributed by atoms with Crippen LogP contribution in [0.15, 0.2) is 30.3 Å². The third-order valence-electron chi connectivity index (χ3n) is 4.00. The van der Waals surface area contributed by atoms with Gasteiger partial charge in [-0.15, -0.1) is 0 Å². The summed E-state index contributed by atoms with van der Waals surface area (Å²) < 4.78 is 0. The Balaban J connectivity index is 2.40. The van der Waals surface area contributed by atoms with Crippen LogP contribution in [0.25, 0.3) is 0 Å². The van der Waals surface area contributed by atoms with Gasteiger partial charge in [-0.1, -0.05) is 37.3 Å². The van der Waals surface area contributed by atoms with Crippen LogP contribution in [0.3, 0.4) is 0 Å². The third kappa shape index (κ3) is 10.0. The first-order chi connectivity index (χ1) is 11.5. The zero-order chi connectivity index (χ0) is 17.8. The molecule has 1 aromatic carbocycles. The molecule has 3 N–H and O–H groups in total. The first-order valence-electron chi connectivity index (χ1n) is 9.06. The summed E-state index contributed by atoms with van der Waals surface area (Å²) >= 11 is 0. The molecule has 0 aliphatic rings. The molecule has 2 unspecified atom stereocenters. The van der Waals surface area contributed by atoms with Gasteiger partial charge in [-0.25, -0.2) is 0 Å². The molecule has 24 heavy (non-hydrogen) atoms. The molecule has 138 valence electrons. The topological polar surface area (TPSA) is 59.0 Å². The van der Waals surface area contributed by atoms with Crippen LogP contribution in [0, 0.1) is 0 Å². The largest absolute Gasteiger partial charge is 0.392 e. The first kappa shape index (κ1) is 21.1. The van der Waals surface area contributed by atoms with Crippen LogP contribution in [-0.2, 0) is 6.54 Å². The second kappa shape index (κ2) is 12.4. The van der Waals surface area contributed by atoms with Gasteiger partial charge in [0.25, 0.3) is 0 Å². The smallest absolute Gasteiger partial charge is 0.0639 e. The molecule has 0 aliphatic carbocycles. The average molecular weight is 338 g/mol. The highest BCUT2D eigenvalue weighted by molar-refractivity contribution is 5.14. The Hall–Kier alpha value is -0.980. The summed E-state index contributed by atoms with van der Waals surface area (Å²) in [5.41, 5.74) is 1.33. The molecule has 2 atom stereocenters. The molecule has 0 heterocycles. The van der Waals surface area contributed by atoms with E-state index in [4.69, 9.17) is 0 Å². The van der Waals surface area contributed by atoms with E-state index in [9.17, 15) is 10.2 Å². The number of aliphatic hydroxyl groups excluding tert-OH is 2. The van der Waals surface area contributed by atoms with Gasteiger partial charge < -0.3 is 15.5 Å². The van der Waals surface area contributed by atoms with Crippen molar-refractivity contribution in [2.24, 2.45) is 0 Å². The van der Waals surface area contributed by atoms with Crippen molar-refractivity contribution in [1.82, 2.24) is 15.1 Å². The summed E-state index contributed by atoms with van der Waals surface area (Å²) in [6.07, 6.45) is -0.650. The Morgan fingerprint density at radius 2 is 1.62 bits per heavy atom. The molecule has 0 radical (unpaired) electrons. The van der Waals surface area contributed by atoms with Crippen molar-refractivity contribution in [3.05, 3.63) is 35.9 Å². The van der Waals surface area contributed by atoms with Crippen molar-refractivity contribution >= 4 is 0 Å². The number of benzene rings is 1. The van der Waals surface area contributed by atoms with E-state index in [1.807, 2.05) is 13.0 Å². The molecule has 0 fully saturated rings. The molecule has 0 aliphatic heterocycles. The van der Waals surface area contributed by atoms with E-state index in [0.717, 1.165) is 39.3 Å². The number of hydrogen-bond acceptors (Lipinski definition) is 5. The molecular formula is C19H35N3O2. The van der Waals surface area contributed by atoms with Crippen molar-refractivity contribution in [3.8, 4) is 0 Å². The lowest BCUT2D eigenvalue weighted by Gasteiger charge is -2.28. The van der Waals surface area contributed by atoms with E-state index in [-0.39, 0.29) is 12.2 Å². The van der Waals surface area contributed by atoms with Crippen molar-refractivity contribution in [2.45, 2.75) is 39.5 Å². The zero-order valence-corrected chi connectivity index (χ0v) is 15.5. The van der Waals surface area contributed by atoms with Gasteiger partial charge in [0.1, 0.15) is 0 Å². The molecule has 0 amide bonds. The van der Waals surface area contributed by atoms with Gasteiger partial charge >= 0.3 is 0 Å². The second-order valence-corrected chi connectivity index (χ2v) is 6.56. The maximum absolute atomic E-state index is 9.71. The predicted octanol–water partition coefficient (Wildman–Crippen LogP) is 1.16. The summed E-state index contributed by atoms with van der Waals surface area (Å²) in [4.78, 5) is 4.71. The van der Waals surface area contributed by atoms with E-state index in [0.29, 0.717) is 13.1 Å². The molecule has 5 nitrogen and oxygen atoms in total. The molecule has 5 heteroatoms. The van der Waals surface area contributed by atoms with Gasteiger partial charge in [-0.2, -0.15) is 0 Å². The Bertz CT molecular complexity index is 412. The SMILES string of the molecule is CCN(CCN(CCNCC(C)O)CC(C)O)Cc1ccccc1. The second-order valence-electron chi connectivity index (χ2n) is 6.56. The van der Waals surface area contributed by atoms with Crippen molar-refractivity contribution in [1.29, 1.82) is 0 Å². The Kier molecular flexibility index (Phi) is 10.9. The minimum atomic E-state index is -0.328. The molecule has 0 spiro atoms. The number of hydrogen-bond donors (Lipinski definition) is 3. The van der Waals surface area contributed by atoms with E-state index in [1.165, 1.54) is 5.56 Å². The normalized spacial score (nSPS) is 14.3. The van der Waals surface area contributed by atoms with E-state index < -0.39 is 0 Å². The average Bonchev–Trinajstić information content (AvgIpc) is 2.55. The highest BCUT2D eigenvalue weighted by Gasteiger charge is 2.11. The van der Waals surface area contributed by atoms with Crippen LogP contribution in [0.5, 0.6) is 0 Å². The zero-order valence-electron chi connectivity index (χ0n) is 15.5. The molecule has 0 saturated carbocycles. The summed E-state index contributed by atoms with van der Waals surface area (Å²) in [7, 11) is 0. The number of nitrogens with one attached hydrogen (secondary N) is 1. The standard InChI is InChI=1S/C19H35N3O2/c1-4-21(16-19-8-6-5-7-9-19)12-13-22(15-18(3)24)11-10-20-14-17(2)23/h5-9,17-18,20,23-24H,4,10-16H2,1-3H3. The maximum Gasteiger partial charge on any atom is 0.0639 e. The maximum atomic E-state index is 9.71. The lowest BCUT2D eigenvalue weighted by Crippen LogP contribution is -2.42. The van der Waals surface area contributed by atoms with Crippen LogP contribution in [0.4, 0.5) is 0 Å². The number of aliphatic hydroxyl groups is 2. The fraction of sp³-hybridized carbons (Fsp3) is 0.684. The Morgan fingerprint density at radius 3 is 2.21 bits per heavy atom. The molecular weight excluding hydrogens is 302 g/mol. The summed E-state index contributed by atoms with van der Waals surface area (Å²) in [5.74, 6) is 0. The van der Waals surface area contributed by atoms with E-state index in [1.54, 1.807) is 6.92 Å². The van der Waals surface area contributed by atoms with Crippen LogP contribution in [0.2, 0.25) is 0 Å². The summed E-state index contributed by atoms with van der Waals surface area (Å²) in [6.45, 7) is 12.7. The molecule has 1 rings (SSSR count). The number of likely N-dealkylation sites (N-methyl/N-ethyl adjacent to an activating group) is 1. The highest BCUT2D eigenvalue weighted by Crippen LogP contribution is 2.04. The summed E-state index contributed by atoms with van der Waals surface area (Å²) in [5, 5.41) is 22.2. The first-order valence-corrected chi connectivity index (χ1v) is 9.06. The minimum absolute atomic E-state index is 0.323. The van der Waals surface area contributed by atoms with Crippen LogP contribution >= 0.6 is 0 Å². The number of rotatable bonds is 13. The van der Waals surface area contributed by atoms with Crippen LogP contribution < -0.4 is 5.32 Å². The quantitative estimate of drug-likeness (QED) is 0.472.